The fourth-order valence-electron chi connectivity index (χ4n) is 1.60. The van der Waals surface area contributed by atoms with Crippen molar-refractivity contribution in [3.63, 3.8) is 0 Å². The molecule has 0 fully saturated rings. The van der Waals surface area contributed by atoms with Crippen LogP contribution in [0.5, 0.6) is 11.5 Å². The molecule has 0 bridgehead atoms. The highest BCUT2D eigenvalue weighted by Gasteiger charge is 2.07. The maximum absolute atomic E-state index is 13.0. The number of anilines is 1. The summed E-state index contributed by atoms with van der Waals surface area (Å²) in [6.45, 7) is 0.251. The third kappa shape index (κ3) is 3.09. The van der Waals surface area contributed by atoms with Crippen LogP contribution < -0.4 is 15.2 Å². The van der Waals surface area contributed by atoms with Gasteiger partial charge in [-0.2, -0.15) is 0 Å². The van der Waals surface area contributed by atoms with E-state index >= 15 is 0 Å². The summed E-state index contributed by atoms with van der Waals surface area (Å²) < 4.78 is 23.6. The average molecular weight is 282 g/mol. The second-order valence-electron chi connectivity index (χ2n) is 3.91. The van der Waals surface area contributed by atoms with Crippen LogP contribution in [0.2, 0.25) is 5.02 Å². The maximum Gasteiger partial charge on any atom is 0.146 e. The molecular weight excluding hydrogens is 269 g/mol. The molecule has 2 aromatic rings. The predicted molar refractivity (Wildman–Crippen MR) is 73.1 cm³/mol. The molecule has 0 unspecified atom stereocenters. The van der Waals surface area contributed by atoms with Crippen LogP contribution in [0.25, 0.3) is 0 Å². The van der Waals surface area contributed by atoms with Crippen LogP contribution >= 0.6 is 11.6 Å². The van der Waals surface area contributed by atoms with Crippen molar-refractivity contribution >= 4 is 17.3 Å². The third-order valence-electron chi connectivity index (χ3n) is 2.62. The van der Waals surface area contributed by atoms with Gasteiger partial charge in [0, 0.05) is 11.6 Å². The zero-order chi connectivity index (χ0) is 13.8. The molecule has 0 aliphatic carbocycles. The first-order chi connectivity index (χ1) is 9.11. The molecule has 0 saturated carbocycles. The second-order valence-corrected chi connectivity index (χ2v) is 4.28. The summed E-state index contributed by atoms with van der Waals surface area (Å²) in [4.78, 5) is 0. The van der Waals surface area contributed by atoms with Crippen LogP contribution in [0.4, 0.5) is 10.1 Å². The largest absolute Gasteiger partial charge is 0.495 e. The van der Waals surface area contributed by atoms with Gasteiger partial charge < -0.3 is 15.2 Å². The van der Waals surface area contributed by atoms with Crippen LogP contribution in [0.1, 0.15) is 5.56 Å². The second kappa shape index (κ2) is 5.80. The molecule has 0 heterocycles. The first kappa shape index (κ1) is 13.5. The van der Waals surface area contributed by atoms with E-state index in [1.54, 1.807) is 13.2 Å². The quantitative estimate of drug-likeness (QED) is 0.870. The number of benzene rings is 2. The highest BCUT2D eigenvalue weighted by Crippen LogP contribution is 2.29. The number of halogens is 2. The van der Waals surface area contributed by atoms with Gasteiger partial charge in [-0.15, -0.1) is 0 Å². The van der Waals surface area contributed by atoms with Gasteiger partial charge in [-0.3, -0.25) is 0 Å². The van der Waals surface area contributed by atoms with E-state index in [2.05, 4.69) is 0 Å². The van der Waals surface area contributed by atoms with Crippen LogP contribution in [-0.2, 0) is 6.61 Å². The number of hydrogen-bond acceptors (Lipinski definition) is 3. The number of hydrogen-bond donors (Lipinski definition) is 1. The van der Waals surface area contributed by atoms with Gasteiger partial charge in [0.25, 0.3) is 0 Å². The molecule has 0 atom stereocenters. The van der Waals surface area contributed by atoms with Crippen molar-refractivity contribution in [3.05, 3.63) is 52.8 Å². The lowest BCUT2D eigenvalue weighted by Gasteiger charge is -2.10. The minimum absolute atomic E-state index is 0.0502. The molecule has 0 radical (unpaired) electrons. The van der Waals surface area contributed by atoms with E-state index in [1.807, 2.05) is 12.1 Å². The van der Waals surface area contributed by atoms with Gasteiger partial charge in [0.1, 0.15) is 23.9 Å². The van der Waals surface area contributed by atoms with Crippen molar-refractivity contribution in [2.45, 2.75) is 6.61 Å². The molecule has 100 valence electrons. The van der Waals surface area contributed by atoms with E-state index < -0.39 is 5.82 Å². The van der Waals surface area contributed by atoms with Crippen molar-refractivity contribution in [2.24, 2.45) is 0 Å². The summed E-state index contributed by atoms with van der Waals surface area (Å²) in [5.41, 5.74) is 6.30. The molecule has 19 heavy (non-hydrogen) atoms. The lowest BCUT2D eigenvalue weighted by atomic mass is 10.2. The Morgan fingerprint density at radius 2 is 2.05 bits per heavy atom. The first-order valence-electron chi connectivity index (χ1n) is 5.61. The van der Waals surface area contributed by atoms with Crippen molar-refractivity contribution in [1.29, 1.82) is 0 Å². The Bertz CT molecular complexity index is 590. The van der Waals surface area contributed by atoms with Gasteiger partial charge in [0.15, 0.2) is 0 Å². The van der Waals surface area contributed by atoms with Crippen molar-refractivity contribution in [2.75, 3.05) is 12.8 Å². The van der Waals surface area contributed by atoms with E-state index in [1.165, 1.54) is 18.2 Å². The maximum atomic E-state index is 13.0. The molecule has 2 N–H and O–H groups in total. The van der Waals surface area contributed by atoms with Gasteiger partial charge in [-0.25, -0.2) is 4.39 Å². The van der Waals surface area contributed by atoms with Crippen molar-refractivity contribution < 1.29 is 13.9 Å². The summed E-state index contributed by atoms with van der Waals surface area (Å²) in [7, 11) is 1.55. The van der Waals surface area contributed by atoms with E-state index in [9.17, 15) is 4.39 Å². The molecule has 0 aliphatic heterocycles. The molecule has 0 aromatic heterocycles. The summed E-state index contributed by atoms with van der Waals surface area (Å²) in [6, 6.07) is 9.63. The van der Waals surface area contributed by atoms with Gasteiger partial charge in [-0.05, 0) is 18.2 Å². The lowest BCUT2D eigenvalue weighted by Crippen LogP contribution is -1.99. The fraction of sp³-hybridized carbons (Fsp3) is 0.143. The molecular formula is C14H13ClFNO2. The Labute approximate surface area is 115 Å². The first-order valence-corrected chi connectivity index (χ1v) is 5.99. The van der Waals surface area contributed by atoms with Gasteiger partial charge >= 0.3 is 0 Å². The highest BCUT2D eigenvalue weighted by atomic mass is 35.5. The average Bonchev–Trinajstić information content (AvgIpc) is 2.41. The topological polar surface area (TPSA) is 44.5 Å². The van der Waals surface area contributed by atoms with Gasteiger partial charge in [-0.1, -0.05) is 23.7 Å². The number of methoxy groups -OCH3 is 1. The fourth-order valence-corrected chi connectivity index (χ4v) is 1.86. The zero-order valence-corrected chi connectivity index (χ0v) is 11.1. The van der Waals surface area contributed by atoms with Crippen LogP contribution in [0.3, 0.4) is 0 Å². The SMILES string of the molecule is COc1cccc(COc2ccc(F)c(N)c2)c1Cl. The van der Waals surface area contributed by atoms with E-state index in [4.69, 9.17) is 26.8 Å². The summed E-state index contributed by atoms with van der Waals surface area (Å²) in [5, 5.41) is 0.500. The monoisotopic (exact) mass is 281 g/mol. The highest BCUT2D eigenvalue weighted by molar-refractivity contribution is 6.32. The van der Waals surface area contributed by atoms with E-state index in [0.717, 1.165) is 5.56 Å². The van der Waals surface area contributed by atoms with Crippen LogP contribution in [0.15, 0.2) is 36.4 Å². The number of ether oxygens (including phenoxy) is 2. The van der Waals surface area contributed by atoms with Crippen molar-refractivity contribution in [3.8, 4) is 11.5 Å². The Morgan fingerprint density at radius 1 is 1.26 bits per heavy atom. The third-order valence-corrected chi connectivity index (χ3v) is 3.05. The molecule has 0 spiro atoms. The van der Waals surface area contributed by atoms with Gasteiger partial charge in [0.2, 0.25) is 0 Å². The molecule has 3 nitrogen and oxygen atoms in total. The summed E-state index contributed by atoms with van der Waals surface area (Å²) in [6.07, 6.45) is 0. The Morgan fingerprint density at radius 3 is 2.74 bits per heavy atom. The smallest absolute Gasteiger partial charge is 0.146 e. The lowest BCUT2D eigenvalue weighted by molar-refractivity contribution is 0.305. The van der Waals surface area contributed by atoms with Crippen LogP contribution in [0, 0.1) is 5.82 Å². The number of rotatable bonds is 4. The minimum atomic E-state index is -0.466. The standard InChI is InChI=1S/C14H13ClFNO2/c1-18-13-4-2-3-9(14(13)15)8-19-10-5-6-11(16)12(17)7-10/h2-7H,8,17H2,1H3. The van der Waals surface area contributed by atoms with Gasteiger partial charge in [0.05, 0.1) is 17.8 Å². The molecule has 0 amide bonds. The predicted octanol–water partition coefficient (Wildman–Crippen LogP) is 3.65. The molecule has 0 aliphatic rings. The molecule has 0 saturated heterocycles. The zero-order valence-electron chi connectivity index (χ0n) is 10.3. The Kier molecular flexibility index (Phi) is 4.12. The number of nitrogen functional groups attached to an aromatic ring is 1. The minimum Gasteiger partial charge on any atom is -0.495 e. The molecule has 2 rings (SSSR count). The Balaban J connectivity index is 2.12. The summed E-state index contributed by atoms with van der Waals surface area (Å²) in [5.74, 6) is 0.603. The molecule has 5 heteroatoms. The normalized spacial score (nSPS) is 10.3. The van der Waals surface area contributed by atoms with Crippen molar-refractivity contribution in [1.82, 2.24) is 0 Å². The van der Waals surface area contributed by atoms with Crippen LogP contribution in [-0.4, -0.2) is 7.11 Å². The number of nitrogens with two attached hydrogens (primary N) is 1. The Hall–Kier alpha value is -1.94. The van der Waals surface area contributed by atoms with E-state index in [-0.39, 0.29) is 12.3 Å². The molecule has 2 aromatic carbocycles. The van der Waals surface area contributed by atoms with E-state index in [0.29, 0.717) is 16.5 Å². The summed E-state index contributed by atoms with van der Waals surface area (Å²) >= 11 is 6.14.